The van der Waals surface area contributed by atoms with Gasteiger partial charge in [0.15, 0.2) is 5.67 Å². The van der Waals surface area contributed by atoms with Gasteiger partial charge in [0.05, 0.1) is 18.4 Å². The molecule has 0 fully saturated rings. The Balaban J connectivity index is 1.89. The van der Waals surface area contributed by atoms with Crippen molar-refractivity contribution in [2.75, 3.05) is 7.11 Å². The minimum absolute atomic E-state index is 0.242. The normalized spacial score (nSPS) is 20.1. The molecular formula is C20H26FN3O2. The molecule has 1 unspecified atom stereocenters. The second-order valence-electron chi connectivity index (χ2n) is 7.00. The summed E-state index contributed by atoms with van der Waals surface area (Å²) in [6.07, 6.45) is 5.38. The molecule has 1 aliphatic carbocycles. The van der Waals surface area contributed by atoms with Gasteiger partial charge in [-0.15, -0.1) is 5.10 Å². The van der Waals surface area contributed by atoms with Gasteiger partial charge in [-0.3, -0.25) is 0 Å². The number of carbonyl (C=O) groups excluding carboxylic acids is 1. The summed E-state index contributed by atoms with van der Waals surface area (Å²) < 4.78 is 22.6. The van der Waals surface area contributed by atoms with Crippen LogP contribution in [0.1, 0.15) is 66.3 Å². The van der Waals surface area contributed by atoms with E-state index in [1.54, 1.807) is 24.3 Å². The fraction of sp³-hybridized carbons (Fsp3) is 0.550. The van der Waals surface area contributed by atoms with E-state index in [0.717, 1.165) is 49.9 Å². The molecule has 0 amide bonds. The molecule has 2 aromatic rings. The van der Waals surface area contributed by atoms with Crippen LogP contribution in [0.25, 0.3) is 0 Å². The molecule has 140 valence electrons. The summed E-state index contributed by atoms with van der Waals surface area (Å²) in [5.74, 6) is -0.387. The van der Waals surface area contributed by atoms with Crippen LogP contribution in [0.3, 0.4) is 0 Å². The van der Waals surface area contributed by atoms with Gasteiger partial charge in [0.2, 0.25) is 0 Å². The summed E-state index contributed by atoms with van der Waals surface area (Å²) in [5.41, 5.74) is 1.24. The average molecular weight is 359 g/mol. The molecule has 0 radical (unpaired) electrons. The van der Waals surface area contributed by atoms with Gasteiger partial charge >= 0.3 is 5.97 Å². The molecule has 0 aliphatic heterocycles. The molecule has 1 heterocycles. The summed E-state index contributed by atoms with van der Waals surface area (Å²) in [6.45, 7) is 2.86. The number of alkyl halides is 1. The Morgan fingerprint density at radius 3 is 2.73 bits per heavy atom. The fourth-order valence-electron chi connectivity index (χ4n) is 3.68. The third kappa shape index (κ3) is 3.79. The van der Waals surface area contributed by atoms with Gasteiger partial charge in [0, 0.05) is 13.0 Å². The highest BCUT2D eigenvalue weighted by molar-refractivity contribution is 5.89. The molecule has 0 N–H and O–H groups in total. The zero-order valence-corrected chi connectivity index (χ0v) is 15.5. The molecule has 0 saturated carbocycles. The zero-order valence-electron chi connectivity index (χ0n) is 15.5. The van der Waals surface area contributed by atoms with Gasteiger partial charge < -0.3 is 4.74 Å². The van der Waals surface area contributed by atoms with Crippen LogP contribution < -0.4 is 0 Å². The van der Waals surface area contributed by atoms with Crippen molar-refractivity contribution in [3.8, 4) is 0 Å². The summed E-state index contributed by atoms with van der Waals surface area (Å²) in [6, 6.07) is 6.95. The van der Waals surface area contributed by atoms with Gasteiger partial charge in [-0.2, -0.15) is 0 Å². The molecule has 6 heteroatoms. The van der Waals surface area contributed by atoms with Gasteiger partial charge in [-0.1, -0.05) is 30.7 Å². The van der Waals surface area contributed by atoms with Crippen molar-refractivity contribution in [3.63, 3.8) is 0 Å². The number of carbonyl (C=O) groups is 1. The number of hydrogen-bond acceptors (Lipinski definition) is 4. The molecule has 0 spiro atoms. The van der Waals surface area contributed by atoms with E-state index in [0.29, 0.717) is 17.7 Å². The van der Waals surface area contributed by atoms with Crippen molar-refractivity contribution < 1.29 is 13.9 Å². The molecule has 26 heavy (non-hydrogen) atoms. The quantitative estimate of drug-likeness (QED) is 0.757. The predicted octanol–water partition coefficient (Wildman–Crippen LogP) is 4.00. The van der Waals surface area contributed by atoms with Gasteiger partial charge in [0.1, 0.15) is 5.69 Å². The standard InChI is InChI=1S/C20H26FN3O2/c1-3-13-24-17-7-5-4-6-12-20(21,18(17)22-23-24)14-15-8-10-16(11-9-15)19(25)26-2/h8-11H,3-7,12-14H2,1-2H3. The van der Waals surface area contributed by atoms with Crippen molar-refractivity contribution in [3.05, 3.63) is 46.8 Å². The minimum Gasteiger partial charge on any atom is -0.465 e. The molecule has 1 aromatic carbocycles. The second kappa shape index (κ2) is 7.98. The van der Waals surface area contributed by atoms with Crippen LogP contribution in [-0.4, -0.2) is 28.1 Å². The third-order valence-corrected chi connectivity index (χ3v) is 5.04. The molecular weight excluding hydrogens is 333 g/mol. The fourth-order valence-corrected chi connectivity index (χ4v) is 3.68. The summed E-state index contributed by atoms with van der Waals surface area (Å²) in [7, 11) is 1.35. The maximum atomic E-state index is 16.1. The van der Waals surface area contributed by atoms with E-state index in [2.05, 4.69) is 17.2 Å². The lowest BCUT2D eigenvalue weighted by Crippen LogP contribution is -2.27. The molecule has 1 aromatic heterocycles. The topological polar surface area (TPSA) is 57.0 Å². The van der Waals surface area contributed by atoms with Crippen LogP contribution in [0.15, 0.2) is 24.3 Å². The summed E-state index contributed by atoms with van der Waals surface area (Å²) >= 11 is 0. The summed E-state index contributed by atoms with van der Waals surface area (Å²) in [5, 5.41) is 8.47. The van der Waals surface area contributed by atoms with E-state index in [1.165, 1.54) is 7.11 Å². The Labute approximate surface area is 153 Å². The van der Waals surface area contributed by atoms with E-state index in [1.807, 2.05) is 4.68 Å². The lowest BCUT2D eigenvalue weighted by Gasteiger charge is -2.27. The molecule has 0 saturated heterocycles. The third-order valence-electron chi connectivity index (χ3n) is 5.04. The highest BCUT2D eigenvalue weighted by Gasteiger charge is 2.38. The summed E-state index contributed by atoms with van der Waals surface area (Å²) in [4.78, 5) is 11.6. The van der Waals surface area contributed by atoms with Crippen molar-refractivity contribution >= 4 is 5.97 Å². The van der Waals surface area contributed by atoms with Crippen LogP contribution in [0.5, 0.6) is 0 Å². The van der Waals surface area contributed by atoms with Crippen molar-refractivity contribution in [2.45, 2.75) is 64.1 Å². The molecule has 1 aliphatic rings. The lowest BCUT2D eigenvalue weighted by molar-refractivity contribution is 0.0600. The highest BCUT2D eigenvalue weighted by Crippen LogP contribution is 2.38. The Morgan fingerprint density at radius 2 is 2.04 bits per heavy atom. The number of benzene rings is 1. The number of ether oxygens (including phenoxy) is 1. The van der Waals surface area contributed by atoms with Crippen molar-refractivity contribution in [2.24, 2.45) is 0 Å². The van der Waals surface area contributed by atoms with Crippen molar-refractivity contribution in [1.29, 1.82) is 0 Å². The minimum atomic E-state index is -1.52. The van der Waals surface area contributed by atoms with Crippen LogP contribution in [-0.2, 0) is 29.8 Å². The molecule has 3 rings (SSSR count). The van der Waals surface area contributed by atoms with Gasteiger partial charge in [0.25, 0.3) is 0 Å². The molecule has 0 bridgehead atoms. The van der Waals surface area contributed by atoms with Crippen LogP contribution in [0, 0.1) is 0 Å². The number of esters is 1. The number of fused-ring (bicyclic) bond motifs is 1. The number of halogens is 1. The number of methoxy groups -OCH3 is 1. The number of aromatic nitrogens is 3. The number of rotatable bonds is 5. The first-order valence-corrected chi connectivity index (χ1v) is 9.36. The smallest absolute Gasteiger partial charge is 0.337 e. The number of hydrogen-bond donors (Lipinski definition) is 0. The maximum absolute atomic E-state index is 16.1. The van der Waals surface area contributed by atoms with Crippen LogP contribution in [0.2, 0.25) is 0 Å². The lowest BCUT2D eigenvalue weighted by atomic mass is 9.84. The van der Waals surface area contributed by atoms with Crippen LogP contribution >= 0.6 is 0 Å². The highest BCUT2D eigenvalue weighted by atomic mass is 19.1. The van der Waals surface area contributed by atoms with Crippen LogP contribution in [0.4, 0.5) is 4.39 Å². The number of aryl methyl sites for hydroxylation is 1. The maximum Gasteiger partial charge on any atom is 0.337 e. The monoisotopic (exact) mass is 359 g/mol. The SMILES string of the molecule is CCCn1nnc2c1CCCCCC2(F)Cc1ccc(C(=O)OC)cc1. The Bertz CT molecular complexity index is 757. The largest absolute Gasteiger partial charge is 0.465 e. The first-order valence-electron chi connectivity index (χ1n) is 9.36. The van der Waals surface area contributed by atoms with Gasteiger partial charge in [-0.25, -0.2) is 13.9 Å². The first-order chi connectivity index (χ1) is 12.6. The Hall–Kier alpha value is -2.24. The Morgan fingerprint density at radius 1 is 1.27 bits per heavy atom. The van der Waals surface area contributed by atoms with E-state index in [4.69, 9.17) is 4.74 Å². The number of nitrogens with zero attached hydrogens (tertiary/aromatic N) is 3. The van der Waals surface area contributed by atoms with E-state index in [-0.39, 0.29) is 12.4 Å². The molecule has 5 nitrogen and oxygen atoms in total. The van der Waals surface area contributed by atoms with E-state index >= 15 is 4.39 Å². The first kappa shape index (κ1) is 18.5. The van der Waals surface area contributed by atoms with Gasteiger partial charge in [-0.05, 0) is 49.8 Å². The second-order valence-corrected chi connectivity index (χ2v) is 7.00. The Kier molecular flexibility index (Phi) is 5.69. The van der Waals surface area contributed by atoms with E-state index < -0.39 is 5.67 Å². The van der Waals surface area contributed by atoms with Crippen molar-refractivity contribution in [1.82, 2.24) is 15.0 Å². The predicted molar refractivity (Wildman–Crippen MR) is 96.8 cm³/mol. The molecule has 1 atom stereocenters. The zero-order chi connectivity index (χ0) is 18.6. The average Bonchev–Trinajstić information content (AvgIpc) is 3.03. The van der Waals surface area contributed by atoms with E-state index in [9.17, 15) is 4.79 Å².